The lowest BCUT2D eigenvalue weighted by atomic mass is 10.2. The number of furan rings is 1. The molecule has 6 nitrogen and oxygen atoms in total. The number of benzene rings is 1. The van der Waals surface area contributed by atoms with Crippen molar-refractivity contribution in [3.63, 3.8) is 0 Å². The predicted octanol–water partition coefficient (Wildman–Crippen LogP) is 2.84. The molecule has 1 aromatic carbocycles. The van der Waals surface area contributed by atoms with Crippen LogP contribution in [-0.4, -0.2) is 43.4 Å². The predicted molar refractivity (Wildman–Crippen MR) is 98.0 cm³/mol. The van der Waals surface area contributed by atoms with Crippen molar-refractivity contribution in [2.24, 2.45) is 0 Å². The van der Waals surface area contributed by atoms with E-state index >= 15 is 0 Å². The third-order valence-electron chi connectivity index (χ3n) is 4.27. The molecule has 0 spiro atoms. The van der Waals surface area contributed by atoms with Gasteiger partial charge in [-0.05, 0) is 49.7 Å². The highest BCUT2D eigenvalue weighted by atomic mass is 35.5. The van der Waals surface area contributed by atoms with Crippen molar-refractivity contribution < 1.29 is 22.4 Å². The molecule has 0 bridgehead atoms. The van der Waals surface area contributed by atoms with Gasteiger partial charge < -0.3 is 14.1 Å². The van der Waals surface area contributed by atoms with Crippen LogP contribution >= 0.6 is 11.6 Å². The van der Waals surface area contributed by atoms with Gasteiger partial charge in [-0.2, -0.15) is 0 Å². The zero-order valence-electron chi connectivity index (χ0n) is 14.4. The van der Waals surface area contributed by atoms with Gasteiger partial charge in [-0.15, -0.1) is 0 Å². The summed E-state index contributed by atoms with van der Waals surface area (Å²) in [6.07, 6.45) is 0.425. The first-order valence-corrected chi connectivity index (χ1v) is 10.5. The number of ether oxygens (including phenoxy) is 1. The molecule has 0 aliphatic carbocycles. The fraction of sp³-hybridized carbons (Fsp3) is 0.389. The summed E-state index contributed by atoms with van der Waals surface area (Å²) in [6, 6.07) is 9.94. The van der Waals surface area contributed by atoms with Crippen LogP contribution in [0.25, 0.3) is 0 Å². The summed E-state index contributed by atoms with van der Waals surface area (Å²) < 4.78 is 34.7. The smallest absolute Gasteiger partial charge is 0.261 e. The Morgan fingerprint density at radius 1 is 1.27 bits per heavy atom. The molecular formula is C18H20ClNO5S. The Morgan fingerprint density at radius 2 is 2.00 bits per heavy atom. The van der Waals surface area contributed by atoms with Crippen LogP contribution in [0.4, 0.5) is 0 Å². The zero-order valence-corrected chi connectivity index (χ0v) is 15.9. The molecule has 0 unspecified atom stereocenters. The topological polar surface area (TPSA) is 76.8 Å². The van der Waals surface area contributed by atoms with Crippen LogP contribution in [0.5, 0.6) is 5.75 Å². The molecular weight excluding hydrogens is 378 g/mol. The monoisotopic (exact) mass is 397 g/mol. The van der Waals surface area contributed by atoms with Crippen LogP contribution in [0.3, 0.4) is 0 Å². The van der Waals surface area contributed by atoms with E-state index in [4.69, 9.17) is 20.8 Å². The quantitative estimate of drug-likeness (QED) is 0.749. The molecule has 1 aliphatic heterocycles. The summed E-state index contributed by atoms with van der Waals surface area (Å²) in [4.78, 5) is 14.3. The lowest BCUT2D eigenvalue weighted by molar-refractivity contribution is -0.136. The molecule has 1 saturated heterocycles. The van der Waals surface area contributed by atoms with E-state index in [0.717, 1.165) is 5.76 Å². The van der Waals surface area contributed by atoms with E-state index in [9.17, 15) is 13.2 Å². The van der Waals surface area contributed by atoms with E-state index in [0.29, 0.717) is 23.0 Å². The van der Waals surface area contributed by atoms with Gasteiger partial charge in [0.2, 0.25) is 0 Å². The van der Waals surface area contributed by atoms with Gasteiger partial charge in [0.25, 0.3) is 5.91 Å². The number of carbonyl (C=O) groups is 1. The van der Waals surface area contributed by atoms with Crippen molar-refractivity contribution in [2.45, 2.75) is 25.9 Å². The van der Waals surface area contributed by atoms with E-state index in [2.05, 4.69) is 0 Å². The first-order chi connectivity index (χ1) is 12.3. The lowest BCUT2D eigenvalue weighted by Gasteiger charge is -2.27. The first kappa shape index (κ1) is 18.8. The lowest BCUT2D eigenvalue weighted by Crippen LogP contribution is -2.43. The SMILES string of the molecule is Cc1ccc(CN(C(=O)COc2ccc(Cl)cc2)[C@@H]2CCS(=O)(=O)C2)o1. The van der Waals surface area contributed by atoms with Crippen molar-refractivity contribution in [3.8, 4) is 5.75 Å². The molecule has 140 valence electrons. The van der Waals surface area contributed by atoms with Crippen molar-refractivity contribution in [3.05, 3.63) is 52.9 Å². The molecule has 8 heteroatoms. The Balaban J connectivity index is 1.71. The fourth-order valence-corrected chi connectivity index (χ4v) is 4.80. The summed E-state index contributed by atoms with van der Waals surface area (Å²) in [5.41, 5.74) is 0. The molecule has 0 saturated carbocycles. The first-order valence-electron chi connectivity index (χ1n) is 8.26. The molecule has 1 fully saturated rings. The average molecular weight is 398 g/mol. The summed E-state index contributed by atoms with van der Waals surface area (Å²) in [5.74, 6) is 1.66. The third-order valence-corrected chi connectivity index (χ3v) is 6.27. The van der Waals surface area contributed by atoms with Crippen LogP contribution in [0, 0.1) is 6.92 Å². The van der Waals surface area contributed by atoms with E-state index < -0.39 is 9.84 Å². The highest BCUT2D eigenvalue weighted by Gasteiger charge is 2.35. The van der Waals surface area contributed by atoms with Crippen LogP contribution in [-0.2, 0) is 21.2 Å². The van der Waals surface area contributed by atoms with E-state index in [1.54, 1.807) is 35.2 Å². The number of rotatable bonds is 6. The number of carbonyl (C=O) groups excluding carboxylic acids is 1. The Kier molecular flexibility index (Phi) is 5.58. The van der Waals surface area contributed by atoms with Crippen molar-refractivity contribution >= 4 is 27.3 Å². The number of hydrogen-bond donors (Lipinski definition) is 0. The summed E-state index contributed by atoms with van der Waals surface area (Å²) >= 11 is 5.83. The minimum Gasteiger partial charge on any atom is -0.484 e. The van der Waals surface area contributed by atoms with Gasteiger partial charge in [0.05, 0.1) is 18.1 Å². The highest BCUT2D eigenvalue weighted by molar-refractivity contribution is 7.91. The van der Waals surface area contributed by atoms with Crippen LogP contribution < -0.4 is 4.74 Å². The molecule has 3 rings (SSSR count). The Hall–Kier alpha value is -1.99. The molecule has 1 aliphatic rings. The van der Waals surface area contributed by atoms with Gasteiger partial charge in [-0.3, -0.25) is 4.79 Å². The second kappa shape index (κ2) is 7.72. The summed E-state index contributed by atoms with van der Waals surface area (Å²) in [6.45, 7) is 1.86. The van der Waals surface area contributed by atoms with Gasteiger partial charge >= 0.3 is 0 Å². The van der Waals surface area contributed by atoms with Crippen LogP contribution in [0.1, 0.15) is 17.9 Å². The van der Waals surface area contributed by atoms with Gasteiger partial charge in [-0.1, -0.05) is 11.6 Å². The molecule has 1 aromatic heterocycles. The second-order valence-electron chi connectivity index (χ2n) is 6.33. The van der Waals surface area contributed by atoms with Crippen molar-refractivity contribution in [2.75, 3.05) is 18.1 Å². The van der Waals surface area contributed by atoms with Gasteiger partial charge in [-0.25, -0.2) is 8.42 Å². The molecule has 0 radical (unpaired) electrons. The minimum atomic E-state index is -3.11. The Labute approximate surface area is 157 Å². The second-order valence-corrected chi connectivity index (χ2v) is 9.00. The van der Waals surface area contributed by atoms with Crippen LogP contribution in [0.2, 0.25) is 5.02 Å². The summed E-state index contributed by atoms with van der Waals surface area (Å²) in [7, 11) is -3.11. The zero-order chi connectivity index (χ0) is 18.7. The average Bonchev–Trinajstić information content (AvgIpc) is 3.16. The normalized spacial score (nSPS) is 18.6. The van der Waals surface area contributed by atoms with Gasteiger partial charge in [0.1, 0.15) is 17.3 Å². The number of aryl methyl sites for hydroxylation is 1. The molecule has 1 amide bonds. The number of amides is 1. The number of hydrogen-bond acceptors (Lipinski definition) is 5. The third kappa shape index (κ3) is 4.80. The maximum absolute atomic E-state index is 12.7. The maximum Gasteiger partial charge on any atom is 0.261 e. The standard InChI is InChI=1S/C18H20ClNO5S/c1-13-2-5-17(25-13)10-20(15-8-9-26(22,23)12-15)18(21)11-24-16-6-3-14(19)4-7-16/h2-7,15H,8-12H2,1H3/t15-/m1/s1. The fourth-order valence-electron chi connectivity index (χ4n) is 2.94. The van der Waals surface area contributed by atoms with Gasteiger partial charge in [0, 0.05) is 11.1 Å². The molecule has 0 N–H and O–H groups in total. The number of sulfone groups is 1. The van der Waals surface area contributed by atoms with Crippen LogP contribution in [0.15, 0.2) is 40.8 Å². The van der Waals surface area contributed by atoms with Crippen molar-refractivity contribution in [1.29, 1.82) is 0 Å². The summed E-state index contributed by atoms with van der Waals surface area (Å²) in [5, 5.41) is 0.578. The molecule has 26 heavy (non-hydrogen) atoms. The minimum absolute atomic E-state index is 0.0284. The molecule has 1 atom stereocenters. The van der Waals surface area contributed by atoms with Crippen molar-refractivity contribution in [1.82, 2.24) is 4.90 Å². The number of halogens is 1. The van der Waals surface area contributed by atoms with Gasteiger partial charge in [0.15, 0.2) is 16.4 Å². The van der Waals surface area contributed by atoms with E-state index in [1.807, 2.05) is 13.0 Å². The molecule has 2 heterocycles. The largest absolute Gasteiger partial charge is 0.484 e. The Bertz CT molecular complexity index is 875. The maximum atomic E-state index is 12.7. The highest BCUT2D eigenvalue weighted by Crippen LogP contribution is 2.22. The molecule has 2 aromatic rings. The number of nitrogens with zero attached hydrogens (tertiary/aromatic N) is 1. The van der Waals surface area contributed by atoms with E-state index in [-0.39, 0.29) is 36.6 Å². The van der Waals surface area contributed by atoms with E-state index in [1.165, 1.54) is 0 Å². The Morgan fingerprint density at radius 3 is 2.58 bits per heavy atom.